The standard InChI is InChI=1S/C7H4F2N2O/c8-3-1-2-4-6(5(3)9)11-7(10)12-4/h1-2H,(H2,10,11). The van der Waals surface area contributed by atoms with Crippen LogP contribution in [0.5, 0.6) is 0 Å². The number of hydrogen-bond donors (Lipinski definition) is 1. The van der Waals surface area contributed by atoms with Crippen LogP contribution in [0, 0.1) is 11.6 Å². The van der Waals surface area contributed by atoms with E-state index >= 15 is 0 Å². The zero-order valence-corrected chi connectivity index (χ0v) is 5.84. The number of rotatable bonds is 0. The van der Waals surface area contributed by atoms with E-state index in [0.717, 1.165) is 6.07 Å². The molecule has 0 unspecified atom stereocenters. The molecule has 0 aliphatic heterocycles. The molecule has 1 aromatic heterocycles. The second kappa shape index (κ2) is 2.17. The van der Waals surface area contributed by atoms with Gasteiger partial charge in [-0.2, -0.15) is 4.98 Å². The lowest BCUT2D eigenvalue weighted by atomic mass is 10.3. The van der Waals surface area contributed by atoms with Gasteiger partial charge in [0.2, 0.25) is 0 Å². The first-order chi connectivity index (χ1) is 5.68. The van der Waals surface area contributed by atoms with E-state index in [2.05, 4.69) is 4.98 Å². The summed E-state index contributed by atoms with van der Waals surface area (Å²) in [6.45, 7) is 0. The highest BCUT2D eigenvalue weighted by molar-refractivity contribution is 5.74. The highest BCUT2D eigenvalue weighted by atomic mass is 19.2. The van der Waals surface area contributed by atoms with Crippen molar-refractivity contribution in [2.75, 3.05) is 5.73 Å². The molecule has 0 aliphatic carbocycles. The van der Waals surface area contributed by atoms with E-state index in [1.54, 1.807) is 0 Å². The van der Waals surface area contributed by atoms with Crippen molar-refractivity contribution < 1.29 is 13.2 Å². The largest absolute Gasteiger partial charge is 0.424 e. The van der Waals surface area contributed by atoms with Crippen LogP contribution in [0.4, 0.5) is 14.8 Å². The predicted octanol–water partition coefficient (Wildman–Crippen LogP) is 1.69. The molecule has 1 heterocycles. The van der Waals surface area contributed by atoms with E-state index in [4.69, 9.17) is 10.2 Å². The molecule has 3 nitrogen and oxygen atoms in total. The van der Waals surface area contributed by atoms with E-state index in [9.17, 15) is 8.78 Å². The minimum absolute atomic E-state index is 0.145. The van der Waals surface area contributed by atoms with Crippen molar-refractivity contribution >= 4 is 17.1 Å². The quantitative estimate of drug-likeness (QED) is 0.654. The highest BCUT2D eigenvalue weighted by Gasteiger charge is 2.11. The Morgan fingerprint density at radius 2 is 2.08 bits per heavy atom. The number of halogens is 2. The van der Waals surface area contributed by atoms with E-state index in [1.807, 2.05) is 0 Å². The third-order valence-corrected chi connectivity index (χ3v) is 1.47. The Morgan fingerprint density at radius 1 is 1.33 bits per heavy atom. The number of aromatic nitrogens is 1. The number of oxazole rings is 1. The number of anilines is 1. The van der Waals surface area contributed by atoms with Gasteiger partial charge in [-0.05, 0) is 12.1 Å². The van der Waals surface area contributed by atoms with Gasteiger partial charge < -0.3 is 10.2 Å². The maximum absolute atomic E-state index is 12.9. The molecule has 2 N–H and O–H groups in total. The maximum atomic E-state index is 12.9. The number of nitrogens with zero attached hydrogens (tertiary/aromatic N) is 1. The molecule has 0 amide bonds. The van der Waals surface area contributed by atoms with Gasteiger partial charge in [-0.3, -0.25) is 0 Å². The average molecular weight is 170 g/mol. The number of nitrogen functional groups attached to an aromatic ring is 1. The summed E-state index contributed by atoms with van der Waals surface area (Å²) in [4.78, 5) is 3.47. The van der Waals surface area contributed by atoms with E-state index in [0.29, 0.717) is 0 Å². The van der Waals surface area contributed by atoms with Gasteiger partial charge in [-0.1, -0.05) is 0 Å². The van der Waals surface area contributed by atoms with Crippen LogP contribution in [0.1, 0.15) is 0 Å². The molecule has 0 spiro atoms. The van der Waals surface area contributed by atoms with Crippen molar-refractivity contribution in [1.29, 1.82) is 0 Å². The number of fused-ring (bicyclic) bond motifs is 1. The molecule has 2 aromatic rings. The van der Waals surface area contributed by atoms with Gasteiger partial charge >= 0.3 is 0 Å². The maximum Gasteiger partial charge on any atom is 0.293 e. The molecule has 0 bridgehead atoms. The lowest BCUT2D eigenvalue weighted by Crippen LogP contribution is -1.85. The van der Waals surface area contributed by atoms with Crippen molar-refractivity contribution in [2.24, 2.45) is 0 Å². The van der Waals surface area contributed by atoms with Gasteiger partial charge in [0.15, 0.2) is 22.7 Å². The van der Waals surface area contributed by atoms with Gasteiger partial charge in [0.1, 0.15) is 0 Å². The van der Waals surface area contributed by atoms with Crippen LogP contribution in [0.15, 0.2) is 16.5 Å². The van der Waals surface area contributed by atoms with Crippen LogP contribution in [-0.2, 0) is 0 Å². The molecular formula is C7H4F2N2O. The number of hydrogen-bond acceptors (Lipinski definition) is 3. The molecule has 0 radical (unpaired) electrons. The number of benzene rings is 1. The van der Waals surface area contributed by atoms with E-state index in [-0.39, 0.29) is 17.1 Å². The van der Waals surface area contributed by atoms with Crippen LogP contribution in [0.3, 0.4) is 0 Å². The second-order valence-corrected chi connectivity index (χ2v) is 2.26. The Kier molecular flexibility index (Phi) is 1.27. The first-order valence-electron chi connectivity index (χ1n) is 3.18. The van der Waals surface area contributed by atoms with E-state index in [1.165, 1.54) is 6.07 Å². The molecule has 0 saturated heterocycles. The lowest BCUT2D eigenvalue weighted by Gasteiger charge is -1.89. The Labute approximate surface area is 65.8 Å². The third kappa shape index (κ3) is 0.827. The molecule has 5 heteroatoms. The van der Waals surface area contributed by atoms with Crippen molar-refractivity contribution in [3.63, 3.8) is 0 Å². The van der Waals surface area contributed by atoms with Gasteiger partial charge in [0.25, 0.3) is 6.01 Å². The Balaban J connectivity index is 2.89. The molecule has 0 atom stereocenters. The molecule has 0 saturated carbocycles. The molecule has 62 valence electrons. The fourth-order valence-electron chi connectivity index (χ4n) is 0.954. The topological polar surface area (TPSA) is 52.0 Å². The van der Waals surface area contributed by atoms with Crippen LogP contribution in [0.25, 0.3) is 11.1 Å². The fraction of sp³-hybridized carbons (Fsp3) is 0. The first-order valence-corrected chi connectivity index (χ1v) is 3.18. The fourth-order valence-corrected chi connectivity index (χ4v) is 0.954. The Morgan fingerprint density at radius 3 is 2.83 bits per heavy atom. The number of nitrogens with two attached hydrogens (primary N) is 1. The lowest BCUT2D eigenvalue weighted by molar-refractivity contribution is 0.514. The SMILES string of the molecule is Nc1nc2c(F)c(F)ccc2o1. The zero-order chi connectivity index (χ0) is 8.72. The monoisotopic (exact) mass is 170 g/mol. The smallest absolute Gasteiger partial charge is 0.293 e. The minimum Gasteiger partial charge on any atom is -0.424 e. The Hall–Kier alpha value is -1.65. The summed E-state index contributed by atoms with van der Waals surface area (Å²) in [6, 6.07) is 2.06. The van der Waals surface area contributed by atoms with Gasteiger partial charge in [-0.25, -0.2) is 8.78 Å². The van der Waals surface area contributed by atoms with Crippen LogP contribution in [0.2, 0.25) is 0 Å². The summed E-state index contributed by atoms with van der Waals surface area (Å²) < 4.78 is 30.2. The summed E-state index contributed by atoms with van der Waals surface area (Å²) >= 11 is 0. The van der Waals surface area contributed by atoms with Crippen molar-refractivity contribution in [3.05, 3.63) is 23.8 Å². The van der Waals surface area contributed by atoms with E-state index < -0.39 is 11.6 Å². The van der Waals surface area contributed by atoms with Crippen molar-refractivity contribution in [2.45, 2.75) is 0 Å². The summed E-state index contributed by atoms with van der Waals surface area (Å²) in [7, 11) is 0. The summed E-state index contributed by atoms with van der Waals surface area (Å²) in [6.07, 6.45) is 0. The predicted molar refractivity (Wildman–Crippen MR) is 38.3 cm³/mol. The normalized spacial score (nSPS) is 10.8. The van der Waals surface area contributed by atoms with Crippen molar-refractivity contribution in [3.8, 4) is 0 Å². The van der Waals surface area contributed by atoms with Gasteiger partial charge in [-0.15, -0.1) is 0 Å². The summed E-state index contributed by atoms with van der Waals surface area (Å²) in [5, 5.41) is 0. The minimum atomic E-state index is -1.03. The van der Waals surface area contributed by atoms with Gasteiger partial charge in [0, 0.05) is 0 Å². The molecule has 0 aliphatic rings. The first kappa shape index (κ1) is 7.02. The summed E-state index contributed by atoms with van der Waals surface area (Å²) in [5.41, 5.74) is 5.11. The van der Waals surface area contributed by atoms with Crippen LogP contribution in [-0.4, -0.2) is 4.98 Å². The molecular weight excluding hydrogens is 166 g/mol. The average Bonchev–Trinajstić information content (AvgIpc) is 2.39. The molecule has 12 heavy (non-hydrogen) atoms. The molecule has 0 fully saturated rings. The Bertz CT molecular complexity index is 438. The zero-order valence-electron chi connectivity index (χ0n) is 5.84. The molecule has 2 rings (SSSR count). The third-order valence-electron chi connectivity index (χ3n) is 1.47. The molecule has 1 aromatic carbocycles. The van der Waals surface area contributed by atoms with Crippen molar-refractivity contribution in [1.82, 2.24) is 4.98 Å². The highest BCUT2D eigenvalue weighted by Crippen LogP contribution is 2.21. The summed E-state index contributed by atoms with van der Waals surface area (Å²) in [5.74, 6) is -2.00. The van der Waals surface area contributed by atoms with Gasteiger partial charge in [0.05, 0.1) is 0 Å². The van der Waals surface area contributed by atoms with Crippen LogP contribution < -0.4 is 5.73 Å². The van der Waals surface area contributed by atoms with Crippen LogP contribution >= 0.6 is 0 Å². The second-order valence-electron chi connectivity index (χ2n) is 2.26.